The van der Waals surface area contributed by atoms with Crippen molar-refractivity contribution in [2.45, 2.75) is 0 Å². The van der Waals surface area contributed by atoms with Crippen molar-refractivity contribution in [3.63, 3.8) is 0 Å². The first kappa shape index (κ1) is 42.9. The summed E-state index contributed by atoms with van der Waals surface area (Å²) in [6, 6.07) is 97.2. The van der Waals surface area contributed by atoms with Crippen LogP contribution < -0.4 is 0 Å². The summed E-state index contributed by atoms with van der Waals surface area (Å²) in [5, 5.41) is 4.50. The molecule has 0 spiro atoms. The first-order valence-electron chi connectivity index (χ1n) is 25.1. The lowest BCUT2D eigenvalue weighted by molar-refractivity contribution is 0.953. The van der Waals surface area contributed by atoms with E-state index < -0.39 is 0 Å². The van der Waals surface area contributed by atoms with E-state index in [1.807, 2.05) is 18.2 Å². The highest BCUT2D eigenvalue weighted by Gasteiger charge is 2.30. The Balaban J connectivity index is 1.13. The van der Waals surface area contributed by atoms with E-state index in [0.717, 1.165) is 105 Å². The van der Waals surface area contributed by atoms with E-state index in [1.165, 1.54) is 11.1 Å². The van der Waals surface area contributed by atoms with Crippen LogP contribution in [0.2, 0.25) is 0 Å². The normalized spacial score (nSPS) is 11.5. The molecule has 3 aromatic heterocycles. The minimum Gasteiger partial charge on any atom is -0.307 e. The Morgan fingerprint density at radius 3 is 1.15 bits per heavy atom. The van der Waals surface area contributed by atoms with Gasteiger partial charge in [0.15, 0.2) is 11.6 Å². The van der Waals surface area contributed by atoms with E-state index in [2.05, 4.69) is 264 Å². The smallest absolute Gasteiger partial charge is 0.238 e. The van der Waals surface area contributed by atoms with Gasteiger partial charge in [-0.25, -0.2) is 4.98 Å². The van der Waals surface area contributed by atoms with Crippen LogP contribution in [0.5, 0.6) is 0 Å². The molecule has 5 heteroatoms. The first-order valence-corrected chi connectivity index (χ1v) is 25.1. The second-order valence-corrected chi connectivity index (χ2v) is 18.7. The number of fused-ring (bicyclic) bond motifs is 7. The molecular weight excluding hydrogens is 899 g/mol. The van der Waals surface area contributed by atoms with Gasteiger partial charge >= 0.3 is 0 Å². The van der Waals surface area contributed by atoms with Crippen molar-refractivity contribution in [1.29, 1.82) is 0 Å². The molecule has 346 valence electrons. The SMILES string of the molecule is c1ccc(-c2cccc(-c3cccc(-c4nc(-c5ccccc5)nc(-n5c6ccccc6c6c(-c7cccc(-c8ccccc8)c7)c(-c7ccccc7)c7c8ccccc8n(-c8ccccc8)c7c65)n4)c3)c2)cc1. The molecule has 0 amide bonds. The molecule has 0 aliphatic carbocycles. The molecule has 14 aromatic rings. The average molecular weight is 944 g/mol. The second-order valence-electron chi connectivity index (χ2n) is 18.7. The molecule has 0 atom stereocenters. The number of nitrogens with zero attached hydrogens (tertiary/aromatic N) is 5. The van der Waals surface area contributed by atoms with Crippen molar-refractivity contribution in [2.24, 2.45) is 0 Å². The Hall–Kier alpha value is -9.97. The van der Waals surface area contributed by atoms with Crippen molar-refractivity contribution < 1.29 is 0 Å². The third kappa shape index (κ3) is 7.29. The summed E-state index contributed by atoms with van der Waals surface area (Å²) in [4.78, 5) is 16.5. The van der Waals surface area contributed by atoms with E-state index in [-0.39, 0.29) is 0 Å². The standard InChI is InChI=1S/C69H45N5/c1-6-23-46(24-7-1)50-31-20-33-52(43-50)53-34-22-36-55(45-53)68-70-67(49-29-12-4-13-30-49)71-69(72-68)74-60-42-19-17-40-58(60)64-62(54-35-21-32-51(44-54)47-25-8-2-9-26-47)61(48-27-10-3-11-28-48)63-57-39-16-18-41-59(57)73(65(63)66(64)74)56-37-14-5-15-38-56/h1-45H. The molecule has 0 fully saturated rings. The van der Waals surface area contributed by atoms with E-state index in [4.69, 9.17) is 15.0 Å². The number of para-hydroxylation sites is 3. The van der Waals surface area contributed by atoms with Gasteiger partial charge in [0.05, 0.1) is 22.1 Å². The van der Waals surface area contributed by atoms with Gasteiger partial charge in [-0.15, -0.1) is 0 Å². The number of hydrogen-bond donors (Lipinski definition) is 0. The third-order valence-corrected chi connectivity index (χ3v) is 14.3. The zero-order valence-electron chi connectivity index (χ0n) is 40.2. The van der Waals surface area contributed by atoms with Gasteiger partial charge in [0, 0.05) is 49.5 Å². The summed E-state index contributed by atoms with van der Waals surface area (Å²) < 4.78 is 4.77. The zero-order chi connectivity index (χ0) is 49.0. The van der Waals surface area contributed by atoms with Gasteiger partial charge in [-0.05, 0) is 87.0 Å². The van der Waals surface area contributed by atoms with Crippen LogP contribution in [-0.4, -0.2) is 24.1 Å². The molecule has 74 heavy (non-hydrogen) atoms. The van der Waals surface area contributed by atoms with Gasteiger partial charge in [0.25, 0.3) is 0 Å². The van der Waals surface area contributed by atoms with Crippen LogP contribution >= 0.6 is 0 Å². The largest absolute Gasteiger partial charge is 0.307 e. The van der Waals surface area contributed by atoms with Crippen LogP contribution in [0.3, 0.4) is 0 Å². The van der Waals surface area contributed by atoms with Crippen LogP contribution in [0.25, 0.3) is 134 Å². The molecule has 14 rings (SSSR count). The predicted octanol–water partition coefficient (Wildman–Crippen LogP) is 17.7. The fraction of sp³-hybridized carbons (Fsp3) is 0. The molecule has 11 aromatic carbocycles. The van der Waals surface area contributed by atoms with Gasteiger partial charge < -0.3 is 4.57 Å². The molecule has 0 saturated heterocycles. The molecule has 0 aliphatic heterocycles. The molecule has 0 aliphatic rings. The Labute approximate surface area is 428 Å². The molecular formula is C69H45N5. The highest BCUT2D eigenvalue weighted by atomic mass is 15.2. The van der Waals surface area contributed by atoms with Crippen LogP contribution in [0.1, 0.15) is 0 Å². The second kappa shape index (κ2) is 18.0. The van der Waals surface area contributed by atoms with Crippen LogP contribution in [0.15, 0.2) is 273 Å². The summed E-state index contributed by atoms with van der Waals surface area (Å²) in [5.41, 5.74) is 18.4. The lowest BCUT2D eigenvalue weighted by Gasteiger charge is -2.19. The summed E-state index contributed by atoms with van der Waals surface area (Å²) >= 11 is 0. The molecule has 0 saturated carbocycles. The minimum atomic E-state index is 0.527. The Kier molecular flexibility index (Phi) is 10.4. The maximum Gasteiger partial charge on any atom is 0.238 e. The average Bonchev–Trinajstić information content (AvgIpc) is 4.13. The van der Waals surface area contributed by atoms with Gasteiger partial charge in [-0.2, -0.15) is 9.97 Å². The van der Waals surface area contributed by atoms with Crippen LogP contribution in [0.4, 0.5) is 0 Å². The van der Waals surface area contributed by atoms with Crippen molar-refractivity contribution in [3.05, 3.63) is 273 Å². The Morgan fingerprint density at radius 1 is 0.243 bits per heavy atom. The Bertz CT molecular complexity index is 4390. The van der Waals surface area contributed by atoms with Crippen molar-refractivity contribution in [3.8, 4) is 90.0 Å². The lowest BCUT2D eigenvalue weighted by atomic mass is 9.86. The lowest BCUT2D eigenvalue weighted by Crippen LogP contribution is -2.07. The zero-order valence-corrected chi connectivity index (χ0v) is 40.2. The monoisotopic (exact) mass is 943 g/mol. The third-order valence-electron chi connectivity index (χ3n) is 14.3. The summed E-state index contributed by atoms with van der Waals surface area (Å²) in [6.45, 7) is 0. The van der Waals surface area contributed by atoms with E-state index in [1.54, 1.807) is 0 Å². The highest BCUT2D eigenvalue weighted by Crippen LogP contribution is 2.52. The number of rotatable bonds is 9. The first-order chi connectivity index (χ1) is 36.7. The van der Waals surface area contributed by atoms with Crippen LogP contribution in [0, 0.1) is 0 Å². The van der Waals surface area contributed by atoms with E-state index in [9.17, 15) is 0 Å². The van der Waals surface area contributed by atoms with Gasteiger partial charge in [0.1, 0.15) is 0 Å². The molecule has 5 nitrogen and oxygen atoms in total. The molecule has 0 N–H and O–H groups in total. The molecule has 0 unspecified atom stereocenters. The fourth-order valence-electron chi connectivity index (χ4n) is 11.1. The molecule has 3 heterocycles. The maximum absolute atomic E-state index is 5.60. The number of aromatic nitrogens is 5. The number of benzene rings is 11. The molecule has 0 bridgehead atoms. The van der Waals surface area contributed by atoms with Crippen molar-refractivity contribution >= 4 is 43.6 Å². The summed E-state index contributed by atoms with van der Waals surface area (Å²) in [5.74, 6) is 1.70. The van der Waals surface area contributed by atoms with E-state index >= 15 is 0 Å². The maximum atomic E-state index is 5.60. The van der Waals surface area contributed by atoms with E-state index in [0.29, 0.717) is 17.6 Å². The quantitative estimate of drug-likeness (QED) is 0.145. The predicted molar refractivity (Wildman–Crippen MR) is 307 cm³/mol. The van der Waals surface area contributed by atoms with Crippen LogP contribution in [-0.2, 0) is 0 Å². The topological polar surface area (TPSA) is 48.5 Å². The van der Waals surface area contributed by atoms with Gasteiger partial charge in [0.2, 0.25) is 5.95 Å². The Morgan fingerprint density at radius 2 is 0.595 bits per heavy atom. The molecule has 0 radical (unpaired) electrons. The summed E-state index contributed by atoms with van der Waals surface area (Å²) in [7, 11) is 0. The number of hydrogen-bond acceptors (Lipinski definition) is 3. The van der Waals surface area contributed by atoms with Gasteiger partial charge in [-0.1, -0.05) is 231 Å². The fourth-order valence-corrected chi connectivity index (χ4v) is 11.1. The van der Waals surface area contributed by atoms with Gasteiger partial charge in [-0.3, -0.25) is 4.57 Å². The van der Waals surface area contributed by atoms with Crippen molar-refractivity contribution in [1.82, 2.24) is 24.1 Å². The summed E-state index contributed by atoms with van der Waals surface area (Å²) in [6.07, 6.45) is 0. The minimum absolute atomic E-state index is 0.527. The van der Waals surface area contributed by atoms with Crippen molar-refractivity contribution in [2.75, 3.05) is 0 Å². The highest BCUT2D eigenvalue weighted by molar-refractivity contribution is 6.33.